The average molecular weight is 170 g/mol. The highest BCUT2D eigenvalue weighted by molar-refractivity contribution is 5.79. The maximum absolute atomic E-state index is 11.4. The summed E-state index contributed by atoms with van der Waals surface area (Å²) < 4.78 is 0. The molecule has 0 aromatic rings. The van der Waals surface area contributed by atoms with Crippen LogP contribution in [0.2, 0.25) is 0 Å². The first-order chi connectivity index (χ1) is 5.79. The van der Waals surface area contributed by atoms with Crippen LogP contribution in [-0.2, 0) is 4.79 Å². The van der Waals surface area contributed by atoms with Crippen molar-refractivity contribution in [2.75, 3.05) is 13.1 Å². The summed E-state index contributed by atoms with van der Waals surface area (Å²) in [5.41, 5.74) is 5.55. The number of hydrogen-bond acceptors (Lipinski definition) is 2. The summed E-state index contributed by atoms with van der Waals surface area (Å²) in [5, 5.41) is 2.83. The van der Waals surface area contributed by atoms with Crippen LogP contribution in [0.3, 0.4) is 0 Å². The van der Waals surface area contributed by atoms with Crippen molar-refractivity contribution in [3.05, 3.63) is 0 Å². The summed E-state index contributed by atoms with van der Waals surface area (Å²) >= 11 is 0. The Balaban J connectivity index is 2.37. The first-order valence-corrected chi connectivity index (χ1v) is 4.77. The van der Waals surface area contributed by atoms with E-state index >= 15 is 0 Å². The van der Waals surface area contributed by atoms with E-state index in [-0.39, 0.29) is 11.8 Å². The minimum absolute atomic E-state index is 0.0682. The predicted molar refractivity (Wildman–Crippen MR) is 48.6 cm³/mol. The summed E-state index contributed by atoms with van der Waals surface area (Å²) in [6.45, 7) is 3.14. The van der Waals surface area contributed by atoms with E-state index in [2.05, 4.69) is 5.32 Å². The van der Waals surface area contributed by atoms with Crippen molar-refractivity contribution >= 4 is 5.91 Å². The van der Waals surface area contributed by atoms with Crippen LogP contribution >= 0.6 is 0 Å². The Kier molecular flexibility index (Phi) is 3.53. The highest BCUT2D eigenvalue weighted by Crippen LogP contribution is 2.32. The molecule has 0 aliphatic heterocycles. The van der Waals surface area contributed by atoms with Crippen LogP contribution in [0.25, 0.3) is 0 Å². The fraction of sp³-hybridized carbons (Fsp3) is 0.889. The van der Waals surface area contributed by atoms with Gasteiger partial charge in [-0.2, -0.15) is 0 Å². The molecule has 0 aromatic carbocycles. The second kappa shape index (κ2) is 4.45. The van der Waals surface area contributed by atoms with Gasteiger partial charge in [-0.15, -0.1) is 0 Å². The summed E-state index contributed by atoms with van der Waals surface area (Å²) in [5.74, 6) is 0.768. The molecule has 0 spiro atoms. The Bertz CT molecular complexity index is 155. The van der Waals surface area contributed by atoms with Gasteiger partial charge in [0.05, 0.1) is 5.92 Å². The van der Waals surface area contributed by atoms with Gasteiger partial charge in [-0.05, 0) is 25.7 Å². The van der Waals surface area contributed by atoms with Gasteiger partial charge < -0.3 is 11.1 Å². The van der Waals surface area contributed by atoms with Crippen LogP contribution in [0.15, 0.2) is 0 Å². The van der Waals surface area contributed by atoms with Gasteiger partial charge in [-0.3, -0.25) is 4.79 Å². The molecule has 1 aliphatic rings. The second-order valence-electron chi connectivity index (χ2n) is 3.43. The van der Waals surface area contributed by atoms with Crippen LogP contribution in [-0.4, -0.2) is 19.0 Å². The zero-order valence-corrected chi connectivity index (χ0v) is 7.68. The summed E-state index contributed by atoms with van der Waals surface area (Å²) in [6.07, 6.45) is 3.62. The van der Waals surface area contributed by atoms with E-state index < -0.39 is 0 Å². The average Bonchev–Trinajstić information content (AvgIpc) is 1.96. The lowest BCUT2D eigenvalue weighted by molar-refractivity contribution is -0.127. The number of carbonyl (C=O) groups is 1. The van der Waals surface area contributed by atoms with E-state index in [9.17, 15) is 4.79 Å². The van der Waals surface area contributed by atoms with Gasteiger partial charge in [0.1, 0.15) is 0 Å². The van der Waals surface area contributed by atoms with Crippen LogP contribution in [0, 0.1) is 11.8 Å². The van der Waals surface area contributed by atoms with Crippen molar-refractivity contribution in [1.82, 2.24) is 5.32 Å². The van der Waals surface area contributed by atoms with Crippen molar-refractivity contribution < 1.29 is 4.79 Å². The van der Waals surface area contributed by atoms with Crippen molar-refractivity contribution in [3.63, 3.8) is 0 Å². The molecule has 1 atom stereocenters. The molecule has 1 fully saturated rings. The molecule has 70 valence electrons. The first-order valence-electron chi connectivity index (χ1n) is 4.77. The van der Waals surface area contributed by atoms with Crippen LogP contribution in [0.1, 0.15) is 26.2 Å². The van der Waals surface area contributed by atoms with Gasteiger partial charge in [0.15, 0.2) is 0 Å². The Morgan fingerprint density at radius 1 is 1.67 bits per heavy atom. The molecule has 1 rings (SSSR count). The fourth-order valence-corrected chi connectivity index (χ4v) is 1.66. The molecule has 12 heavy (non-hydrogen) atoms. The smallest absolute Gasteiger partial charge is 0.224 e. The molecule has 0 heterocycles. The fourth-order valence-electron chi connectivity index (χ4n) is 1.66. The van der Waals surface area contributed by atoms with Crippen LogP contribution < -0.4 is 11.1 Å². The number of nitrogens with one attached hydrogen (secondary N) is 1. The lowest BCUT2D eigenvalue weighted by Gasteiger charge is -2.31. The van der Waals surface area contributed by atoms with E-state index in [4.69, 9.17) is 5.73 Å². The van der Waals surface area contributed by atoms with Crippen molar-refractivity contribution in [1.29, 1.82) is 0 Å². The highest BCUT2D eigenvalue weighted by Gasteiger charge is 2.30. The van der Waals surface area contributed by atoms with Gasteiger partial charge in [-0.1, -0.05) is 6.42 Å². The third-order valence-corrected chi connectivity index (χ3v) is 2.66. The van der Waals surface area contributed by atoms with Crippen LogP contribution in [0.5, 0.6) is 0 Å². The molecule has 1 amide bonds. The topological polar surface area (TPSA) is 55.1 Å². The lowest BCUT2D eigenvalue weighted by Crippen LogP contribution is -2.41. The van der Waals surface area contributed by atoms with Gasteiger partial charge >= 0.3 is 0 Å². The summed E-state index contributed by atoms with van der Waals surface area (Å²) in [7, 11) is 0. The SMILES string of the molecule is CCNC(=O)C(CN)C1CCC1. The first kappa shape index (κ1) is 9.52. The molecular formula is C9H18N2O. The standard InChI is InChI=1S/C9H18N2O/c1-2-11-9(12)8(6-10)7-4-3-5-7/h7-8H,2-6,10H2,1H3,(H,11,12). The maximum Gasteiger partial charge on any atom is 0.224 e. The quantitative estimate of drug-likeness (QED) is 0.645. The van der Waals surface area contributed by atoms with Crippen LogP contribution in [0.4, 0.5) is 0 Å². The molecule has 3 heteroatoms. The number of nitrogens with two attached hydrogens (primary N) is 1. The molecule has 0 aromatic heterocycles. The Labute approximate surface area is 73.7 Å². The largest absolute Gasteiger partial charge is 0.356 e. The predicted octanol–water partition coefficient (Wildman–Crippen LogP) is 0.497. The van der Waals surface area contributed by atoms with E-state index in [1.54, 1.807) is 0 Å². The third kappa shape index (κ3) is 1.97. The molecule has 1 saturated carbocycles. The minimum Gasteiger partial charge on any atom is -0.356 e. The normalized spacial score (nSPS) is 19.8. The molecule has 3 N–H and O–H groups in total. The van der Waals surface area contributed by atoms with E-state index in [0.717, 1.165) is 0 Å². The minimum atomic E-state index is 0.0682. The molecular weight excluding hydrogens is 152 g/mol. The van der Waals surface area contributed by atoms with E-state index in [1.807, 2.05) is 6.92 Å². The molecule has 1 unspecified atom stereocenters. The summed E-state index contributed by atoms with van der Waals surface area (Å²) in [4.78, 5) is 11.4. The second-order valence-corrected chi connectivity index (χ2v) is 3.43. The van der Waals surface area contributed by atoms with Gasteiger partial charge in [-0.25, -0.2) is 0 Å². The zero-order chi connectivity index (χ0) is 8.97. The van der Waals surface area contributed by atoms with Gasteiger partial charge in [0.25, 0.3) is 0 Å². The summed E-state index contributed by atoms with van der Waals surface area (Å²) in [6, 6.07) is 0. The number of rotatable bonds is 4. The Morgan fingerprint density at radius 3 is 2.67 bits per heavy atom. The third-order valence-electron chi connectivity index (χ3n) is 2.66. The number of amides is 1. The molecule has 0 radical (unpaired) electrons. The monoisotopic (exact) mass is 170 g/mol. The number of carbonyl (C=O) groups excluding carboxylic acids is 1. The Morgan fingerprint density at radius 2 is 2.33 bits per heavy atom. The van der Waals surface area contributed by atoms with Crippen molar-refractivity contribution in [3.8, 4) is 0 Å². The molecule has 1 aliphatic carbocycles. The number of hydrogen-bond donors (Lipinski definition) is 2. The lowest BCUT2D eigenvalue weighted by atomic mass is 9.75. The Hall–Kier alpha value is -0.570. The molecule has 0 bridgehead atoms. The maximum atomic E-state index is 11.4. The van der Waals surface area contributed by atoms with E-state index in [1.165, 1.54) is 19.3 Å². The van der Waals surface area contributed by atoms with Crippen molar-refractivity contribution in [2.45, 2.75) is 26.2 Å². The molecule has 0 saturated heterocycles. The zero-order valence-electron chi connectivity index (χ0n) is 7.68. The molecule has 3 nitrogen and oxygen atoms in total. The highest BCUT2D eigenvalue weighted by atomic mass is 16.1. The van der Waals surface area contributed by atoms with Gasteiger partial charge in [0, 0.05) is 13.1 Å². The van der Waals surface area contributed by atoms with Crippen molar-refractivity contribution in [2.24, 2.45) is 17.6 Å². The van der Waals surface area contributed by atoms with E-state index in [0.29, 0.717) is 19.0 Å². The van der Waals surface area contributed by atoms with Gasteiger partial charge in [0.2, 0.25) is 5.91 Å².